The summed E-state index contributed by atoms with van der Waals surface area (Å²) >= 11 is 0. The van der Waals surface area contributed by atoms with Crippen molar-refractivity contribution >= 4 is 22.6 Å². The van der Waals surface area contributed by atoms with Crippen molar-refractivity contribution in [2.24, 2.45) is 11.8 Å². The van der Waals surface area contributed by atoms with Crippen molar-refractivity contribution in [3.63, 3.8) is 0 Å². The van der Waals surface area contributed by atoms with Crippen LogP contribution in [-0.2, 0) is 14.3 Å². The molecule has 0 spiro atoms. The Morgan fingerprint density at radius 2 is 2.00 bits per heavy atom. The SMILES string of the molecule is CC(=O)CCC1CC(N(C)C[C@H]2C[C@@H](n3ccc4c(N)ncnc43)[C@@H]3OC(C)(C)O[C@H]23)C1. The number of nitrogen functional groups attached to an aromatic ring is 1. The van der Waals surface area contributed by atoms with E-state index in [0.29, 0.717) is 35.9 Å². The number of ketones is 1. The number of carbonyl (C=O) groups excluding carboxylic acids is 1. The molecular weight excluding hydrogens is 406 g/mol. The van der Waals surface area contributed by atoms with Gasteiger partial charge in [0.15, 0.2) is 5.79 Å². The number of aromatic nitrogens is 3. The van der Waals surface area contributed by atoms with Crippen LogP contribution in [0.3, 0.4) is 0 Å². The van der Waals surface area contributed by atoms with Crippen molar-refractivity contribution in [3.05, 3.63) is 18.6 Å². The topological polar surface area (TPSA) is 95.5 Å². The zero-order valence-corrected chi connectivity index (χ0v) is 19.5. The summed E-state index contributed by atoms with van der Waals surface area (Å²) in [5.74, 6) is 1.29. The minimum absolute atomic E-state index is 0.0140. The van der Waals surface area contributed by atoms with Crippen LogP contribution in [0.1, 0.15) is 58.9 Å². The van der Waals surface area contributed by atoms with Crippen molar-refractivity contribution in [3.8, 4) is 0 Å². The van der Waals surface area contributed by atoms with Crippen molar-refractivity contribution in [1.82, 2.24) is 19.4 Å². The molecule has 8 heteroatoms. The van der Waals surface area contributed by atoms with E-state index < -0.39 is 5.79 Å². The number of ether oxygens (including phenoxy) is 2. The van der Waals surface area contributed by atoms with Crippen molar-refractivity contribution in [1.29, 1.82) is 0 Å². The summed E-state index contributed by atoms with van der Waals surface area (Å²) in [5, 5.41) is 0.883. The first-order valence-corrected chi connectivity index (χ1v) is 11.8. The van der Waals surface area contributed by atoms with Crippen LogP contribution in [0.5, 0.6) is 0 Å². The van der Waals surface area contributed by atoms with Crippen LogP contribution >= 0.6 is 0 Å². The molecule has 5 rings (SSSR count). The van der Waals surface area contributed by atoms with Gasteiger partial charge in [-0.25, -0.2) is 9.97 Å². The fraction of sp³-hybridized carbons (Fsp3) is 0.708. The maximum atomic E-state index is 11.3. The van der Waals surface area contributed by atoms with Gasteiger partial charge >= 0.3 is 0 Å². The van der Waals surface area contributed by atoms with E-state index in [-0.39, 0.29) is 18.2 Å². The minimum atomic E-state index is -0.587. The van der Waals surface area contributed by atoms with Crippen LogP contribution in [0.15, 0.2) is 18.6 Å². The van der Waals surface area contributed by atoms with E-state index in [0.717, 1.165) is 30.4 Å². The molecule has 0 amide bonds. The lowest BCUT2D eigenvalue weighted by Gasteiger charge is -2.42. The Balaban J connectivity index is 1.30. The molecule has 0 aromatic carbocycles. The maximum Gasteiger partial charge on any atom is 0.163 e. The summed E-state index contributed by atoms with van der Waals surface area (Å²) < 4.78 is 15.0. The average Bonchev–Trinajstić information content (AvgIpc) is 3.33. The predicted molar refractivity (Wildman–Crippen MR) is 122 cm³/mol. The van der Waals surface area contributed by atoms with E-state index in [4.69, 9.17) is 15.2 Å². The highest BCUT2D eigenvalue weighted by Crippen LogP contribution is 2.48. The predicted octanol–water partition coefficient (Wildman–Crippen LogP) is 3.17. The summed E-state index contributed by atoms with van der Waals surface area (Å²) in [4.78, 5) is 22.4. The second-order valence-electron chi connectivity index (χ2n) is 10.5. The molecule has 4 atom stereocenters. The standard InChI is InChI=1S/C24H35N5O3/c1-14(30)5-6-15-9-17(10-15)28(4)12-16-11-19(21-20(16)31-24(2,3)32-21)29-8-7-18-22(25)26-13-27-23(18)29/h7-8,13,15-17,19-21H,5-6,9-12H2,1-4H3,(H2,25,26,27)/t15?,16-,17?,19-,20-,21+/m1/s1. The lowest BCUT2D eigenvalue weighted by Crippen LogP contribution is -2.46. The molecule has 3 fully saturated rings. The van der Waals surface area contributed by atoms with Crippen LogP contribution in [-0.4, -0.2) is 62.8 Å². The smallest absolute Gasteiger partial charge is 0.163 e. The van der Waals surface area contributed by atoms with E-state index in [1.165, 1.54) is 19.2 Å². The number of nitrogens with two attached hydrogens (primary N) is 1. The van der Waals surface area contributed by atoms with Gasteiger partial charge in [0, 0.05) is 31.1 Å². The molecule has 3 aliphatic rings. The van der Waals surface area contributed by atoms with Gasteiger partial charge in [0.05, 0.1) is 17.5 Å². The molecule has 2 aliphatic carbocycles. The van der Waals surface area contributed by atoms with Gasteiger partial charge in [-0.1, -0.05) is 0 Å². The van der Waals surface area contributed by atoms with Crippen LogP contribution < -0.4 is 5.73 Å². The molecule has 2 saturated carbocycles. The summed E-state index contributed by atoms with van der Waals surface area (Å²) in [7, 11) is 2.23. The first kappa shape index (κ1) is 21.8. The number of nitrogens with zero attached hydrogens (tertiary/aromatic N) is 4. The Kier molecular flexibility index (Phi) is 5.50. The third-order valence-electron chi connectivity index (χ3n) is 7.71. The number of fused-ring (bicyclic) bond motifs is 2. The minimum Gasteiger partial charge on any atom is -0.383 e. The Morgan fingerprint density at radius 1 is 1.25 bits per heavy atom. The van der Waals surface area contributed by atoms with E-state index >= 15 is 0 Å². The highest BCUT2D eigenvalue weighted by Gasteiger charge is 2.55. The fourth-order valence-corrected chi connectivity index (χ4v) is 5.99. The molecule has 1 aliphatic heterocycles. The lowest BCUT2D eigenvalue weighted by molar-refractivity contribution is -0.161. The molecule has 174 valence electrons. The maximum absolute atomic E-state index is 11.3. The zero-order valence-electron chi connectivity index (χ0n) is 19.5. The van der Waals surface area contributed by atoms with Crippen molar-refractivity contribution < 1.29 is 14.3 Å². The van der Waals surface area contributed by atoms with Gasteiger partial charge in [0.1, 0.15) is 29.7 Å². The van der Waals surface area contributed by atoms with Gasteiger partial charge in [-0.05, 0) is 65.5 Å². The monoisotopic (exact) mass is 441 g/mol. The van der Waals surface area contributed by atoms with Gasteiger partial charge in [-0.3, -0.25) is 0 Å². The summed E-state index contributed by atoms with van der Waals surface area (Å²) in [6.45, 7) is 6.68. The third kappa shape index (κ3) is 3.93. The highest BCUT2D eigenvalue weighted by atomic mass is 16.8. The number of rotatable bonds is 7. The number of hydrogen-bond acceptors (Lipinski definition) is 7. The van der Waals surface area contributed by atoms with Gasteiger partial charge in [0.25, 0.3) is 0 Å². The third-order valence-corrected chi connectivity index (χ3v) is 7.71. The summed E-state index contributed by atoms with van der Waals surface area (Å²) in [6.07, 6.45) is 8.74. The molecule has 0 radical (unpaired) electrons. The van der Waals surface area contributed by atoms with Gasteiger partial charge in [-0.2, -0.15) is 0 Å². The molecule has 2 aromatic heterocycles. The second kappa shape index (κ2) is 8.08. The number of anilines is 1. The first-order valence-electron chi connectivity index (χ1n) is 11.8. The van der Waals surface area contributed by atoms with E-state index in [1.807, 2.05) is 19.9 Å². The van der Waals surface area contributed by atoms with Crippen molar-refractivity contribution in [2.45, 2.75) is 83.0 Å². The van der Waals surface area contributed by atoms with Crippen LogP contribution in [0.4, 0.5) is 5.82 Å². The lowest BCUT2D eigenvalue weighted by atomic mass is 9.76. The molecule has 0 bridgehead atoms. The first-order chi connectivity index (χ1) is 15.2. The fourth-order valence-electron chi connectivity index (χ4n) is 5.99. The Labute approximate surface area is 189 Å². The second-order valence-corrected chi connectivity index (χ2v) is 10.5. The molecule has 8 nitrogen and oxygen atoms in total. The molecule has 32 heavy (non-hydrogen) atoms. The van der Waals surface area contributed by atoms with Crippen LogP contribution in [0, 0.1) is 11.8 Å². The largest absolute Gasteiger partial charge is 0.383 e. The average molecular weight is 442 g/mol. The highest BCUT2D eigenvalue weighted by molar-refractivity contribution is 5.86. The molecule has 1 saturated heterocycles. The van der Waals surface area contributed by atoms with Crippen molar-refractivity contribution in [2.75, 3.05) is 19.3 Å². The van der Waals surface area contributed by atoms with Gasteiger partial charge in [0.2, 0.25) is 0 Å². The Morgan fingerprint density at radius 3 is 2.75 bits per heavy atom. The van der Waals surface area contributed by atoms with Gasteiger partial charge in [-0.15, -0.1) is 0 Å². The van der Waals surface area contributed by atoms with Gasteiger partial charge < -0.3 is 29.5 Å². The van der Waals surface area contributed by atoms with Crippen LogP contribution in [0.25, 0.3) is 11.0 Å². The van der Waals surface area contributed by atoms with E-state index in [2.05, 4.69) is 32.7 Å². The molecule has 2 N–H and O–H groups in total. The zero-order chi connectivity index (χ0) is 22.6. The Hall–Kier alpha value is -2.03. The normalized spacial score (nSPS) is 33.5. The number of hydrogen-bond donors (Lipinski definition) is 1. The quantitative estimate of drug-likeness (QED) is 0.705. The summed E-state index contributed by atoms with van der Waals surface area (Å²) in [6, 6.07) is 2.74. The number of carbonyl (C=O) groups is 1. The summed E-state index contributed by atoms with van der Waals surface area (Å²) in [5.41, 5.74) is 6.93. The van der Waals surface area contributed by atoms with Crippen LogP contribution in [0.2, 0.25) is 0 Å². The molecule has 0 unspecified atom stereocenters. The molecule has 2 aromatic rings. The van der Waals surface area contributed by atoms with E-state index in [1.54, 1.807) is 6.92 Å². The van der Waals surface area contributed by atoms with E-state index in [9.17, 15) is 4.79 Å². The Bertz CT molecular complexity index is 999. The molecule has 3 heterocycles. The number of Topliss-reactive ketones (excluding diaryl/α,β-unsaturated/α-hetero) is 1. The molecular formula is C24H35N5O3.